The number of hydrogen-bond donors (Lipinski definition) is 2. The van der Waals surface area contributed by atoms with E-state index in [0.29, 0.717) is 11.3 Å². The highest BCUT2D eigenvalue weighted by Gasteiger charge is 2.31. The molecule has 3 rings (SSSR count). The highest BCUT2D eigenvalue weighted by molar-refractivity contribution is 6.10. The summed E-state index contributed by atoms with van der Waals surface area (Å²) in [5, 5.41) is 12.7. The molecule has 2 N–H and O–H groups in total. The molecule has 122 valence electrons. The van der Waals surface area contributed by atoms with Gasteiger partial charge in [-0.2, -0.15) is 0 Å². The lowest BCUT2D eigenvalue weighted by Crippen LogP contribution is -2.38. The van der Waals surface area contributed by atoms with Gasteiger partial charge < -0.3 is 10.4 Å². The van der Waals surface area contributed by atoms with E-state index in [4.69, 9.17) is 0 Å². The number of fused-ring (bicyclic) bond motifs is 1. The third kappa shape index (κ3) is 3.07. The van der Waals surface area contributed by atoms with Gasteiger partial charge in [0.1, 0.15) is 6.54 Å². The number of nitrogens with zero attached hydrogens (tertiary/aromatic N) is 1. The van der Waals surface area contributed by atoms with E-state index in [1.165, 1.54) is 4.90 Å². The van der Waals surface area contributed by atoms with Crippen LogP contribution in [-0.2, 0) is 4.79 Å². The minimum atomic E-state index is -0.787. The van der Waals surface area contributed by atoms with Gasteiger partial charge in [0.2, 0.25) is 5.91 Å². The second kappa shape index (κ2) is 6.68. The lowest BCUT2D eigenvalue weighted by molar-refractivity contribution is -0.121. The molecular weight excluding hydrogens is 304 g/mol. The maximum atomic E-state index is 12.3. The van der Waals surface area contributed by atoms with Crippen molar-refractivity contribution in [2.24, 2.45) is 0 Å². The number of aliphatic hydroxyl groups is 1. The maximum absolute atomic E-state index is 12.3. The zero-order chi connectivity index (χ0) is 17.1. The summed E-state index contributed by atoms with van der Waals surface area (Å²) in [5.41, 5.74) is 2.56. The van der Waals surface area contributed by atoms with Crippen molar-refractivity contribution in [3.63, 3.8) is 0 Å². The van der Waals surface area contributed by atoms with Crippen molar-refractivity contribution in [2.45, 2.75) is 6.10 Å². The van der Waals surface area contributed by atoms with Gasteiger partial charge in [0, 0.05) is 23.4 Å². The van der Waals surface area contributed by atoms with Crippen LogP contribution in [0.25, 0.3) is 5.70 Å². The van der Waals surface area contributed by atoms with Crippen molar-refractivity contribution < 1.29 is 14.7 Å². The van der Waals surface area contributed by atoms with Gasteiger partial charge in [-0.1, -0.05) is 55.1 Å². The van der Waals surface area contributed by atoms with E-state index in [9.17, 15) is 14.7 Å². The molecule has 0 aromatic heterocycles. The topological polar surface area (TPSA) is 69.6 Å². The van der Waals surface area contributed by atoms with Gasteiger partial charge >= 0.3 is 0 Å². The van der Waals surface area contributed by atoms with Crippen molar-refractivity contribution >= 4 is 17.5 Å². The molecule has 0 fully saturated rings. The quantitative estimate of drug-likeness (QED) is 0.884. The minimum absolute atomic E-state index is 0.0876. The van der Waals surface area contributed by atoms with Crippen LogP contribution in [0.4, 0.5) is 0 Å². The first-order valence-corrected chi connectivity index (χ1v) is 7.68. The van der Waals surface area contributed by atoms with Crippen molar-refractivity contribution in [2.75, 3.05) is 13.1 Å². The third-order valence-electron chi connectivity index (χ3n) is 4.02. The Balaban J connectivity index is 1.58. The molecule has 5 nitrogen and oxygen atoms in total. The fourth-order valence-electron chi connectivity index (χ4n) is 2.70. The highest BCUT2D eigenvalue weighted by Crippen LogP contribution is 2.30. The Morgan fingerprint density at radius 2 is 1.71 bits per heavy atom. The zero-order valence-corrected chi connectivity index (χ0v) is 13.1. The number of nitrogens with one attached hydrogen (secondary N) is 1. The van der Waals surface area contributed by atoms with Crippen LogP contribution in [0.1, 0.15) is 27.6 Å². The van der Waals surface area contributed by atoms with Crippen LogP contribution in [0.2, 0.25) is 0 Å². The average molecular weight is 322 g/mol. The summed E-state index contributed by atoms with van der Waals surface area (Å²) in [7, 11) is 0. The Morgan fingerprint density at radius 3 is 2.38 bits per heavy atom. The molecule has 1 atom stereocenters. The monoisotopic (exact) mass is 322 g/mol. The molecule has 24 heavy (non-hydrogen) atoms. The summed E-state index contributed by atoms with van der Waals surface area (Å²) in [5.74, 6) is -0.568. The van der Waals surface area contributed by atoms with Crippen molar-refractivity contribution in [1.29, 1.82) is 0 Å². The molecule has 0 saturated heterocycles. The summed E-state index contributed by atoms with van der Waals surface area (Å²) < 4.78 is 0. The Morgan fingerprint density at radius 1 is 1.08 bits per heavy atom. The number of carbonyl (C=O) groups excluding carboxylic acids is 2. The van der Waals surface area contributed by atoms with Crippen LogP contribution in [0, 0.1) is 0 Å². The largest absolute Gasteiger partial charge is 0.387 e. The Bertz CT molecular complexity index is 751. The first kappa shape index (κ1) is 16.0. The highest BCUT2D eigenvalue weighted by atomic mass is 16.3. The van der Waals surface area contributed by atoms with E-state index < -0.39 is 6.10 Å². The smallest absolute Gasteiger partial charge is 0.259 e. The standard InChI is InChI=1S/C19H18N2O3/c1-13-15-9-5-6-10-16(15)19(24)21(13)12-18(23)20-11-17(22)14-7-3-2-4-8-14/h2-10,17,22H,1,11-12H2,(H,20,23). The summed E-state index contributed by atoms with van der Waals surface area (Å²) in [6.45, 7) is 3.87. The van der Waals surface area contributed by atoms with E-state index in [1.54, 1.807) is 24.3 Å². The minimum Gasteiger partial charge on any atom is -0.387 e. The maximum Gasteiger partial charge on any atom is 0.259 e. The molecule has 0 spiro atoms. The number of hydrogen-bond acceptors (Lipinski definition) is 3. The van der Waals surface area contributed by atoms with Gasteiger partial charge in [0.05, 0.1) is 6.10 Å². The lowest BCUT2D eigenvalue weighted by Gasteiger charge is -2.18. The first-order valence-electron chi connectivity index (χ1n) is 7.68. The van der Waals surface area contributed by atoms with Gasteiger partial charge in [0.25, 0.3) is 5.91 Å². The fourth-order valence-corrected chi connectivity index (χ4v) is 2.70. The molecule has 1 unspecified atom stereocenters. The SMILES string of the molecule is C=C1c2ccccc2C(=O)N1CC(=O)NCC(O)c1ccccc1. The van der Waals surface area contributed by atoms with E-state index >= 15 is 0 Å². The van der Waals surface area contributed by atoms with Gasteiger partial charge in [-0.25, -0.2) is 0 Å². The predicted molar refractivity (Wildman–Crippen MR) is 90.9 cm³/mol. The second-order valence-corrected chi connectivity index (χ2v) is 5.61. The predicted octanol–water partition coefficient (Wildman–Crippen LogP) is 1.96. The zero-order valence-electron chi connectivity index (χ0n) is 13.1. The van der Waals surface area contributed by atoms with E-state index in [-0.39, 0.29) is 24.9 Å². The Hall–Kier alpha value is -2.92. The first-order chi connectivity index (χ1) is 11.6. The number of aliphatic hydroxyl groups excluding tert-OH is 1. The van der Waals surface area contributed by atoms with Gasteiger partial charge in [0.15, 0.2) is 0 Å². The van der Waals surface area contributed by atoms with Crippen molar-refractivity contribution in [1.82, 2.24) is 10.2 Å². The number of benzene rings is 2. The Kier molecular flexibility index (Phi) is 4.44. The summed E-state index contributed by atoms with van der Waals surface area (Å²) in [4.78, 5) is 25.8. The molecule has 2 amide bonds. The van der Waals surface area contributed by atoms with E-state index in [1.807, 2.05) is 30.3 Å². The van der Waals surface area contributed by atoms with Crippen molar-refractivity contribution in [3.8, 4) is 0 Å². The molecule has 1 aliphatic rings. The summed E-state index contributed by atoms with van der Waals surface area (Å²) in [6.07, 6.45) is -0.787. The van der Waals surface area contributed by atoms with Gasteiger partial charge in [-0.3, -0.25) is 14.5 Å². The molecule has 0 radical (unpaired) electrons. The fraction of sp³-hybridized carbons (Fsp3) is 0.158. The number of amides is 2. The second-order valence-electron chi connectivity index (χ2n) is 5.61. The molecule has 5 heteroatoms. The summed E-state index contributed by atoms with van der Waals surface area (Å²) >= 11 is 0. The number of rotatable bonds is 5. The molecular formula is C19H18N2O3. The number of carbonyl (C=O) groups is 2. The van der Waals surface area contributed by atoms with Crippen LogP contribution in [0.15, 0.2) is 61.2 Å². The van der Waals surface area contributed by atoms with E-state index in [2.05, 4.69) is 11.9 Å². The molecule has 0 saturated carbocycles. The van der Waals surface area contributed by atoms with Crippen molar-refractivity contribution in [3.05, 3.63) is 77.9 Å². The molecule has 2 aromatic rings. The average Bonchev–Trinajstić information content (AvgIpc) is 2.86. The van der Waals surface area contributed by atoms with Gasteiger partial charge in [-0.05, 0) is 11.6 Å². The lowest BCUT2D eigenvalue weighted by atomic mass is 10.1. The third-order valence-corrected chi connectivity index (χ3v) is 4.02. The molecule has 0 bridgehead atoms. The van der Waals surface area contributed by atoms with Gasteiger partial charge in [-0.15, -0.1) is 0 Å². The van der Waals surface area contributed by atoms with Crippen LogP contribution < -0.4 is 5.32 Å². The summed E-state index contributed by atoms with van der Waals surface area (Å²) in [6, 6.07) is 16.2. The van der Waals surface area contributed by atoms with Crippen LogP contribution in [-0.4, -0.2) is 34.9 Å². The van der Waals surface area contributed by atoms with Crippen LogP contribution in [0.3, 0.4) is 0 Å². The Labute approximate surface area is 140 Å². The van der Waals surface area contributed by atoms with E-state index in [0.717, 1.165) is 11.1 Å². The molecule has 1 heterocycles. The molecule has 0 aliphatic carbocycles. The normalized spacial score (nSPS) is 14.5. The van der Waals surface area contributed by atoms with Crippen LogP contribution >= 0.6 is 0 Å². The molecule has 1 aliphatic heterocycles. The van der Waals surface area contributed by atoms with Crippen LogP contribution in [0.5, 0.6) is 0 Å². The molecule has 2 aromatic carbocycles.